The maximum atomic E-state index is 16.5. The normalized spacial score (nSPS) is 24.6. The zero-order chi connectivity index (χ0) is 28.5. The Kier molecular flexibility index (Phi) is 8.78. The molecule has 0 bridgehead atoms. The van der Waals surface area contributed by atoms with Crippen LogP contribution in [0.2, 0.25) is 10.0 Å². The van der Waals surface area contributed by atoms with Crippen LogP contribution in [0.5, 0.6) is 0 Å². The fourth-order valence-electron chi connectivity index (χ4n) is 6.38. The first-order valence-corrected chi connectivity index (χ1v) is 14.4. The van der Waals surface area contributed by atoms with Crippen LogP contribution in [0.1, 0.15) is 67.1 Å². The molecule has 2 aliphatic rings. The predicted octanol–water partition coefficient (Wildman–Crippen LogP) is 5.30. The number of aliphatic hydroxyl groups excluding tert-OH is 2. The number of hydrogen-bond acceptors (Lipinski definition) is 7. The van der Waals surface area contributed by atoms with Crippen LogP contribution in [0.3, 0.4) is 0 Å². The van der Waals surface area contributed by atoms with Gasteiger partial charge in [-0.15, -0.1) is 0 Å². The minimum Gasteiger partial charge on any atom is -0.394 e. The van der Waals surface area contributed by atoms with Gasteiger partial charge in [-0.2, -0.15) is 0 Å². The SMILES string of the molecule is CCC(O)(c1cc(F)c2c(c1)CN(Cc1ncc(Cl)cn1)[C@@]2(OCCO)c1ccc(Cl)cc1)C1CCC(O)CC1. The molecule has 1 saturated carbocycles. The summed E-state index contributed by atoms with van der Waals surface area (Å²) in [4.78, 5) is 10.6. The Morgan fingerprint density at radius 1 is 1.07 bits per heavy atom. The van der Waals surface area contributed by atoms with Gasteiger partial charge in [0, 0.05) is 35.1 Å². The van der Waals surface area contributed by atoms with Gasteiger partial charge in [-0.05, 0) is 67.3 Å². The number of aromatic nitrogens is 2. The molecule has 1 aromatic heterocycles. The third kappa shape index (κ3) is 5.39. The lowest BCUT2D eigenvalue weighted by Crippen LogP contribution is -2.45. The lowest BCUT2D eigenvalue weighted by atomic mass is 9.71. The van der Waals surface area contributed by atoms with Crippen LogP contribution in [0.4, 0.5) is 4.39 Å². The third-order valence-electron chi connectivity index (χ3n) is 8.37. The number of fused-ring (bicyclic) bond motifs is 1. The van der Waals surface area contributed by atoms with Crippen LogP contribution in [-0.4, -0.2) is 49.5 Å². The number of aliphatic hydroxyl groups is 3. The Labute approximate surface area is 243 Å². The van der Waals surface area contributed by atoms with Crippen LogP contribution in [0.25, 0.3) is 0 Å². The summed E-state index contributed by atoms with van der Waals surface area (Å²) >= 11 is 12.2. The summed E-state index contributed by atoms with van der Waals surface area (Å²) in [5.41, 5.74) is -0.510. The molecule has 3 aromatic rings. The highest BCUT2D eigenvalue weighted by atomic mass is 35.5. The Morgan fingerprint density at radius 3 is 2.38 bits per heavy atom. The van der Waals surface area contributed by atoms with E-state index in [1.807, 2.05) is 17.9 Å². The number of nitrogens with zero attached hydrogens (tertiary/aromatic N) is 3. The van der Waals surface area contributed by atoms with Crippen LogP contribution in [0, 0.1) is 11.7 Å². The van der Waals surface area contributed by atoms with Crippen molar-refractivity contribution in [2.75, 3.05) is 13.2 Å². The number of rotatable bonds is 9. The van der Waals surface area contributed by atoms with Crippen molar-refractivity contribution < 1.29 is 24.4 Å². The van der Waals surface area contributed by atoms with E-state index in [-0.39, 0.29) is 38.3 Å². The predicted molar refractivity (Wildman–Crippen MR) is 150 cm³/mol. The van der Waals surface area contributed by atoms with Gasteiger partial charge in [0.1, 0.15) is 11.6 Å². The molecule has 0 amide bonds. The van der Waals surface area contributed by atoms with E-state index in [9.17, 15) is 15.3 Å². The van der Waals surface area contributed by atoms with Crippen molar-refractivity contribution in [3.63, 3.8) is 0 Å². The summed E-state index contributed by atoms with van der Waals surface area (Å²) in [5.74, 6) is -0.137. The molecule has 1 unspecified atom stereocenters. The van der Waals surface area contributed by atoms with Gasteiger partial charge >= 0.3 is 0 Å². The number of halogens is 3. The lowest BCUT2D eigenvalue weighted by Gasteiger charge is -2.40. The van der Waals surface area contributed by atoms with Crippen LogP contribution in [-0.2, 0) is 29.2 Å². The molecule has 3 N–H and O–H groups in total. The summed E-state index contributed by atoms with van der Waals surface area (Å²) in [6.45, 7) is 2.07. The highest BCUT2D eigenvalue weighted by molar-refractivity contribution is 6.30. The van der Waals surface area contributed by atoms with Crippen LogP contribution in [0.15, 0.2) is 48.8 Å². The van der Waals surface area contributed by atoms with E-state index >= 15 is 4.39 Å². The molecule has 2 heterocycles. The molecular formula is C30H34Cl2FN3O4. The molecule has 2 atom stereocenters. The molecule has 214 valence electrons. The quantitative estimate of drug-likeness (QED) is 0.311. The first-order chi connectivity index (χ1) is 19.2. The van der Waals surface area contributed by atoms with E-state index in [4.69, 9.17) is 27.9 Å². The van der Waals surface area contributed by atoms with Crippen LogP contribution >= 0.6 is 23.2 Å². The molecule has 0 radical (unpaired) electrons. The summed E-state index contributed by atoms with van der Waals surface area (Å²) in [7, 11) is 0. The second-order valence-electron chi connectivity index (χ2n) is 10.7. The van der Waals surface area contributed by atoms with Gasteiger partial charge < -0.3 is 20.1 Å². The fraction of sp³-hybridized carbons (Fsp3) is 0.467. The number of hydrogen-bond donors (Lipinski definition) is 3. The highest BCUT2D eigenvalue weighted by Gasteiger charge is 2.51. The highest BCUT2D eigenvalue weighted by Crippen LogP contribution is 2.50. The molecule has 10 heteroatoms. The second kappa shape index (κ2) is 12.0. The van der Waals surface area contributed by atoms with Gasteiger partial charge in [0.05, 0.1) is 36.5 Å². The summed E-state index contributed by atoms with van der Waals surface area (Å²) < 4.78 is 22.9. The molecule has 1 fully saturated rings. The summed E-state index contributed by atoms with van der Waals surface area (Å²) in [6, 6.07) is 10.3. The largest absolute Gasteiger partial charge is 0.394 e. The average molecular weight is 591 g/mol. The summed E-state index contributed by atoms with van der Waals surface area (Å²) in [5, 5.41) is 32.6. The van der Waals surface area contributed by atoms with E-state index in [0.717, 1.165) is 0 Å². The molecule has 0 saturated heterocycles. The standard InChI is InChI=1S/C30H34Cl2FN3O4/c1-2-29(39,20-5-9-25(38)10-6-20)22-13-19-17-36(18-27-34-15-24(32)16-35-27)30(40-12-11-37,28(19)26(33)14-22)21-3-7-23(31)8-4-21/h3-4,7-8,13-16,20,25,37-39H,2,5-6,9-12,17-18H2,1H3/t20?,25?,29?,30-/m1/s1. The maximum Gasteiger partial charge on any atom is 0.177 e. The Balaban J connectivity index is 1.65. The first-order valence-electron chi connectivity index (χ1n) is 13.7. The monoisotopic (exact) mass is 589 g/mol. The Morgan fingerprint density at radius 2 is 1.75 bits per heavy atom. The topological polar surface area (TPSA) is 98.9 Å². The minimum atomic E-state index is -1.41. The van der Waals surface area contributed by atoms with Crippen molar-refractivity contribution >= 4 is 23.2 Å². The third-order valence-corrected chi connectivity index (χ3v) is 8.82. The van der Waals surface area contributed by atoms with Crippen LogP contribution < -0.4 is 0 Å². The average Bonchev–Trinajstić information content (AvgIpc) is 3.27. The van der Waals surface area contributed by atoms with Gasteiger partial charge in [-0.25, -0.2) is 14.4 Å². The molecule has 7 nitrogen and oxygen atoms in total. The van der Waals surface area contributed by atoms with E-state index in [2.05, 4.69) is 9.97 Å². The van der Waals surface area contributed by atoms with Gasteiger partial charge in [0.2, 0.25) is 0 Å². The zero-order valence-corrected chi connectivity index (χ0v) is 23.9. The molecule has 1 aliphatic heterocycles. The van der Waals surface area contributed by atoms with Gasteiger partial charge in [0.25, 0.3) is 0 Å². The van der Waals surface area contributed by atoms with E-state index in [0.29, 0.717) is 70.2 Å². The van der Waals surface area contributed by atoms with Crippen molar-refractivity contribution in [2.24, 2.45) is 5.92 Å². The molecular weight excluding hydrogens is 556 g/mol. The van der Waals surface area contributed by atoms with Gasteiger partial charge in [-0.1, -0.05) is 48.3 Å². The number of benzene rings is 2. The molecule has 40 heavy (non-hydrogen) atoms. The van der Waals surface area contributed by atoms with E-state index in [1.165, 1.54) is 18.5 Å². The van der Waals surface area contributed by atoms with Gasteiger partial charge in [-0.3, -0.25) is 4.90 Å². The fourth-order valence-corrected chi connectivity index (χ4v) is 6.60. The Bertz CT molecular complexity index is 1320. The van der Waals surface area contributed by atoms with E-state index in [1.54, 1.807) is 24.3 Å². The van der Waals surface area contributed by atoms with Crippen molar-refractivity contribution in [3.8, 4) is 0 Å². The maximum absolute atomic E-state index is 16.5. The van der Waals surface area contributed by atoms with E-state index < -0.39 is 17.1 Å². The Hall–Kier alpha value is -2.17. The molecule has 1 aliphatic carbocycles. The molecule has 5 rings (SSSR count). The molecule has 0 spiro atoms. The van der Waals surface area contributed by atoms with Crippen molar-refractivity contribution in [1.82, 2.24) is 14.9 Å². The summed E-state index contributed by atoms with van der Waals surface area (Å²) in [6.07, 6.45) is 5.63. The first kappa shape index (κ1) is 29.3. The molecule has 2 aromatic carbocycles. The van der Waals surface area contributed by atoms with Crippen molar-refractivity contribution in [2.45, 2.75) is 69.5 Å². The second-order valence-corrected chi connectivity index (χ2v) is 11.5. The van der Waals surface area contributed by atoms with Crippen molar-refractivity contribution in [3.05, 3.63) is 92.7 Å². The minimum absolute atomic E-state index is 0.0511. The number of ether oxygens (including phenoxy) is 1. The van der Waals surface area contributed by atoms with Crippen molar-refractivity contribution in [1.29, 1.82) is 0 Å². The lowest BCUT2D eigenvalue weighted by molar-refractivity contribution is -0.139. The zero-order valence-electron chi connectivity index (χ0n) is 22.4. The smallest absolute Gasteiger partial charge is 0.177 e. The van der Waals surface area contributed by atoms with Gasteiger partial charge in [0.15, 0.2) is 5.72 Å².